The van der Waals surface area contributed by atoms with Crippen molar-refractivity contribution in [2.24, 2.45) is 0 Å². The van der Waals surface area contributed by atoms with E-state index < -0.39 is 17.6 Å². The molecule has 0 aliphatic carbocycles. The van der Waals surface area contributed by atoms with Crippen LogP contribution in [0.5, 0.6) is 0 Å². The summed E-state index contributed by atoms with van der Waals surface area (Å²) >= 11 is 6.10. The molecule has 0 saturated carbocycles. The Bertz CT molecular complexity index is 1260. The van der Waals surface area contributed by atoms with E-state index in [0.717, 1.165) is 11.8 Å². The van der Waals surface area contributed by atoms with Gasteiger partial charge in [-0.2, -0.15) is 0 Å². The van der Waals surface area contributed by atoms with Crippen molar-refractivity contribution in [3.8, 4) is 0 Å². The minimum absolute atomic E-state index is 0.163. The van der Waals surface area contributed by atoms with Crippen LogP contribution < -0.4 is 15.1 Å². The normalized spacial score (nSPS) is 13.5. The third-order valence-electron chi connectivity index (χ3n) is 5.15. The van der Waals surface area contributed by atoms with E-state index in [1.54, 1.807) is 29.2 Å². The fourth-order valence-corrected chi connectivity index (χ4v) is 3.72. The summed E-state index contributed by atoms with van der Waals surface area (Å²) in [5.74, 6) is -2.48. The largest absolute Gasteiger partial charge is 0.350 e. The van der Waals surface area contributed by atoms with E-state index >= 15 is 0 Å². The van der Waals surface area contributed by atoms with Gasteiger partial charge in [0.1, 0.15) is 16.5 Å². The molecule has 0 spiro atoms. The van der Waals surface area contributed by atoms with E-state index in [9.17, 15) is 18.8 Å². The maximum absolute atomic E-state index is 14.1. The van der Waals surface area contributed by atoms with Gasteiger partial charge in [-0.15, -0.1) is 0 Å². The first-order valence-corrected chi connectivity index (χ1v) is 10.6. The molecule has 0 saturated heterocycles. The zero-order chi connectivity index (χ0) is 23.5. The van der Waals surface area contributed by atoms with Crippen LogP contribution in [0.4, 0.5) is 21.5 Å². The molecule has 33 heavy (non-hydrogen) atoms. The van der Waals surface area contributed by atoms with Crippen LogP contribution in [0.1, 0.15) is 17.3 Å². The standard InChI is InChI=1S/C25H19ClFN3O3/c1-2-29(18-8-4-3-5-9-18)23(31)16-12-14-17(15-13-16)28-22-21(26)24(32)30(25(22)33)20-11-7-6-10-19(20)27/h3-15,28H,2H2,1H3. The Balaban J connectivity index is 1.53. The van der Waals surface area contributed by atoms with Crippen LogP contribution in [0.15, 0.2) is 89.6 Å². The van der Waals surface area contributed by atoms with Gasteiger partial charge < -0.3 is 10.2 Å². The first-order chi connectivity index (χ1) is 15.9. The number of amides is 3. The zero-order valence-corrected chi connectivity index (χ0v) is 18.3. The number of imide groups is 1. The van der Waals surface area contributed by atoms with Gasteiger partial charge in [-0.05, 0) is 55.5 Å². The molecule has 6 nitrogen and oxygen atoms in total. The summed E-state index contributed by atoms with van der Waals surface area (Å²) < 4.78 is 14.1. The maximum atomic E-state index is 14.1. The molecule has 1 aliphatic heterocycles. The van der Waals surface area contributed by atoms with Crippen LogP contribution in [0.3, 0.4) is 0 Å². The van der Waals surface area contributed by atoms with Crippen molar-refractivity contribution >= 4 is 46.4 Å². The number of hydrogen-bond donors (Lipinski definition) is 1. The van der Waals surface area contributed by atoms with Crippen molar-refractivity contribution in [2.75, 3.05) is 21.7 Å². The van der Waals surface area contributed by atoms with Crippen LogP contribution in [0, 0.1) is 5.82 Å². The summed E-state index contributed by atoms with van der Waals surface area (Å²) in [4.78, 5) is 40.6. The average molecular weight is 464 g/mol. The number of nitrogens with zero attached hydrogens (tertiary/aromatic N) is 2. The molecule has 0 unspecified atom stereocenters. The average Bonchev–Trinajstić information content (AvgIpc) is 3.04. The van der Waals surface area contributed by atoms with Crippen LogP contribution in [0.2, 0.25) is 0 Å². The van der Waals surface area contributed by atoms with E-state index in [1.165, 1.54) is 18.2 Å². The summed E-state index contributed by atoms with van der Waals surface area (Å²) in [7, 11) is 0. The highest BCUT2D eigenvalue weighted by atomic mass is 35.5. The van der Waals surface area contributed by atoms with Gasteiger partial charge in [-0.25, -0.2) is 9.29 Å². The quantitative estimate of drug-likeness (QED) is 0.526. The number of carbonyl (C=O) groups excluding carboxylic acids is 3. The summed E-state index contributed by atoms with van der Waals surface area (Å²) in [5, 5.41) is 2.48. The van der Waals surface area contributed by atoms with Gasteiger partial charge in [0.25, 0.3) is 17.7 Å². The Hall–Kier alpha value is -3.97. The van der Waals surface area contributed by atoms with Crippen molar-refractivity contribution < 1.29 is 18.8 Å². The first-order valence-electron chi connectivity index (χ1n) is 10.2. The molecular weight excluding hydrogens is 445 g/mol. The number of halogens is 2. The zero-order valence-electron chi connectivity index (χ0n) is 17.6. The topological polar surface area (TPSA) is 69.7 Å². The van der Waals surface area contributed by atoms with Gasteiger partial charge in [0.15, 0.2) is 0 Å². The van der Waals surface area contributed by atoms with Gasteiger partial charge in [0.2, 0.25) is 0 Å². The fourth-order valence-electron chi connectivity index (χ4n) is 3.51. The summed E-state index contributed by atoms with van der Waals surface area (Å²) in [6.07, 6.45) is 0. The molecule has 1 heterocycles. The Morgan fingerprint density at radius 2 is 1.58 bits per heavy atom. The molecular formula is C25H19ClFN3O3. The van der Waals surface area contributed by atoms with Gasteiger partial charge in [0, 0.05) is 23.5 Å². The van der Waals surface area contributed by atoms with E-state index in [0.29, 0.717) is 22.7 Å². The lowest BCUT2D eigenvalue weighted by atomic mass is 10.1. The molecule has 3 aromatic rings. The number of benzene rings is 3. The third-order valence-corrected chi connectivity index (χ3v) is 5.50. The molecule has 3 amide bonds. The minimum atomic E-state index is -0.817. The van der Waals surface area contributed by atoms with Crippen LogP contribution in [-0.4, -0.2) is 24.3 Å². The predicted molar refractivity (Wildman–Crippen MR) is 126 cm³/mol. The second kappa shape index (κ2) is 9.26. The highest BCUT2D eigenvalue weighted by Gasteiger charge is 2.40. The van der Waals surface area contributed by atoms with E-state index in [2.05, 4.69) is 5.32 Å². The number of rotatable bonds is 6. The Morgan fingerprint density at radius 1 is 0.939 bits per heavy atom. The Labute approximate surface area is 194 Å². The van der Waals surface area contributed by atoms with Crippen LogP contribution in [0.25, 0.3) is 0 Å². The molecule has 4 rings (SSSR count). The Kier molecular flexibility index (Phi) is 6.24. The number of anilines is 3. The molecule has 8 heteroatoms. The molecule has 0 aromatic heterocycles. The number of nitrogens with one attached hydrogen (secondary N) is 1. The van der Waals surface area contributed by atoms with Crippen molar-refractivity contribution in [2.45, 2.75) is 6.92 Å². The first kappa shape index (κ1) is 22.2. The third kappa shape index (κ3) is 4.23. The van der Waals surface area contributed by atoms with E-state index in [4.69, 9.17) is 11.6 Å². The molecule has 0 bridgehead atoms. The van der Waals surface area contributed by atoms with Gasteiger partial charge in [0.05, 0.1) is 5.69 Å². The van der Waals surface area contributed by atoms with Crippen molar-refractivity contribution in [1.29, 1.82) is 0 Å². The second-order valence-corrected chi connectivity index (χ2v) is 7.55. The van der Waals surface area contributed by atoms with Crippen molar-refractivity contribution in [3.63, 3.8) is 0 Å². The monoisotopic (exact) mass is 463 g/mol. The van der Waals surface area contributed by atoms with Crippen LogP contribution >= 0.6 is 11.6 Å². The molecule has 1 N–H and O–H groups in total. The predicted octanol–water partition coefficient (Wildman–Crippen LogP) is 4.93. The highest BCUT2D eigenvalue weighted by molar-refractivity contribution is 6.53. The summed E-state index contributed by atoms with van der Waals surface area (Å²) in [5.41, 5.74) is 1.34. The number of carbonyl (C=O) groups is 3. The highest BCUT2D eigenvalue weighted by Crippen LogP contribution is 2.31. The summed E-state index contributed by atoms with van der Waals surface area (Å²) in [6, 6.07) is 21.2. The van der Waals surface area contributed by atoms with Crippen LogP contribution in [-0.2, 0) is 9.59 Å². The molecule has 0 radical (unpaired) electrons. The molecule has 0 atom stereocenters. The second-order valence-electron chi connectivity index (χ2n) is 7.17. The SMILES string of the molecule is CCN(C(=O)c1ccc(NC2=C(Cl)C(=O)N(c3ccccc3F)C2=O)cc1)c1ccccc1. The lowest BCUT2D eigenvalue weighted by Gasteiger charge is -2.21. The maximum Gasteiger partial charge on any atom is 0.283 e. The summed E-state index contributed by atoms with van der Waals surface area (Å²) in [6.45, 7) is 2.38. The Morgan fingerprint density at radius 3 is 2.21 bits per heavy atom. The lowest BCUT2D eigenvalue weighted by Crippen LogP contribution is -2.33. The van der Waals surface area contributed by atoms with Gasteiger partial charge in [-0.3, -0.25) is 14.4 Å². The van der Waals surface area contributed by atoms with Crippen molar-refractivity contribution in [3.05, 3.63) is 101 Å². The number of hydrogen-bond acceptors (Lipinski definition) is 4. The minimum Gasteiger partial charge on any atom is -0.350 e. The number of para-hydroxylation sites is 2. The molecule has 0 fully saturated rings. The fraction of sp³-hybridized carbons (Fsp3) is 0.0800. The van der Waals surface area contributed by atoms with Gasteiger partial charge >= 0.3 is 0 Å². The smallest absolute Gasteiger partial charge is 0.283 e. The molecule has 166 valence electrons. The van der Waals surface area contributed by atoms with Gasteiger partial charge in [-0.1, -0.05) is 41.9 Å². The lowest BCUT2D eigenvalue weighted by molar-refractivity contribution is -0.120. The van der Waals surface area contributed by atoms with E-state index in [1.807, 2.05) is 37.3 Å². The molecule has 3 aromatic carbocycles. The van der Waals surface area contributed by atoms with E-state index in [-0.39, 0.29) is 22.3 Å². The molecule has 1 aliphatic rings. The van der Waals surface area contributed by atoms with Crippen molar-refractivity contribution in [1.82, 2.24) is 0 Å².